The second-order valence-electron chi connectivity index (χ2n) is 2.70. The number of rotatable bonds is 2. The van der Waals surface area contributed by atoms with Gasteiger partial charge in [-0.05, 0) is 12.1 Å². The summed E-state index contributed by atoms with van der Waals surface area (Å²) in [5, 5.41) is 16.6. The van der Waals surface area contributed by atoms with Crippen LogP contribution in [0.5, 0.6) is 0 Å². The first-order valence-corrected chi connectivity index (χ1v) is 3.89. The van der Waals surface area contributed by atoms with Crippen molar-refractivity contribution >= 4 is 0 Å². The van der Waals surface area contributed by atoms with E-state index in [0.717, 1.165) is 12.1 Å². The maximum atomic E-state index is 13.1. The fourth-order valence-electron chi connectivity index (χ4n) is 1.07. The van der Waals surface area contributed by atoms with Crippen molar-refractivity contribution < 1.29 is 8.78 Å². The number of nitriles is 2. The van der Waals surface area contributed by atoms with Crippen LogP contribution in [0.1, 0.15) is 11.1 Å². The minimum Gasteiger partial charge on any atom is -0.207 e. The van der Waals surface area contributed by atoms with Crippen LogP contribution in [-0.4, -0.2) is 0 Å². The molecule has 0 aliphatic heterocycles. The van der Waals surface area contributed by atoms with Gasteiger partial charge in [-0.3, -0.25) is 0 Å². The van der Waals surface area contributed by atoms with Gasteiger partial charge in [0.15, 0.2) is 0 Å². The Kier molecular flexibility index (Phi) is 3.14. The van der Waals surface area contributed by atoms with E-state index < -0.39 is 11.6 Å². The fraction of sp³-hybridized carbons (Fsp3) is 0.200. The molecule has 4 heteroatoms. The summed E-state index contributed by atoms with van der Waals surface area (Å²) >= 11 is 0. The molecule has 0 spiro atoms. The Hall–Kier alpha value is -1.94. The van der Waals surface area contributed by atoms with Crippen molar-refractivity contribution in [1.29, 1.82) is 10.5 Å². The first-order valence-electron chi connectivity index (χ1n) is 3.89. The number of nitrogens with zero attached hydrogens (tertiary/aromatic N) is 2. The number of hydrogen-bond donors (Lipinski definition) is 0. The van der Waals surface area contributed by atoms with Crippen LogP contribution < -0.4 is 0 Å². The van der Waals surface area contributed by atoms with E-state index in [1.165, 1.54) is 0 Å². The van der Waals surface area contributed by atoms with Crippen LogP contribution in [0.3, 0.4) is 0 Å². The average molecular weight is 192 g/mol. The van der Waals surface area contributed by atoms with Crippen LogP contribution in [-0.2, 0) is 12.8 Å². The summed E-state index contributed by atoms with van der Waals surface area (Å²) in [7, 11) is 0. The molecule has 1 aromatic rings. The molecule has 0 aliphatic rings. The lowest BCUT2D eigenvalue weighted by Gasteiger charge is -2.02. The van der Waals surface area contributed by atoms with Crippen molar-refractivity contribution in [2.45, 2.75) is 12.8 Å². The maximum Gasteiger partial charge on any atom is 0.127 e. The van der Waals surface area contributed by atoms with E-state index in [1.807, 2.05) is 0 Å². The predicted octanol–water partition coefficient (Wildman–Crippen LogP) is 2.10. The van der Waals surface area contributed by atoms with Crippen LogP contribution in [0.25, 0.3) is 0 Å². The van der Waals surface area contributed by atoms with E-state index in [2.05, 4.69) is 0 Å². The monoisotopic (exact) mass is 192 g/mol. The van der Waals surface area contributed by atoms with Crippen LogP contribution in [0, 0.1) is 34.3 Å². The molecule has 0 atom stereocenters. The lowest BCUT2D eigenvalue weighted by atomic mass is 10.1. The van der Waals surface area contributed by atoms with Crippen molar-refractivity contribution in [3.8, 4) is 12.1 Å². The summed E-state index contributed by atoms with van der Waals surface area (Å²) in [6.45, 7) is 0. The molecule has 0 fully saturated rings. The van der Waals surface area contributed by atoms with Gasteiger partial charge < -0.3 is 0 Å². The lowest BCUT2D eigenvalue weighted by Crippen LogP contribution is -1.96. The van der Waals surface area contributed by atoms with Gasteiger partial charge in [-0.1, -0.05) is 0 Å². The molecule has 0 saturated carbocycles. The zero-order chi connectivity index (χ0) is 10.6. The molecule has 1 aromatic carbocycles. The third-order valence-electron chi connectivity index (χ3n) is 1.75. The molecule has 0 aliphatic carbocycles. The molecule has 0 amide bonds. The molecular weight excluding hydrogens is 186 g/mol. The fourth-order valence-corrected chi connectivity index (χ4v) is 1.07. The second kappa shape index (κ2) is 4.34. The molecule has 0 bridgehead atoms. The van der Waals surface area contributed by atoms with Gasteiger partial charge in [-0.25, -0.2) is 8.78 Å². The zero-order valence-corrected chi connectivity index (χ0v) is 7.22. The Bertz CT molecular complexity index is 385. The standard InChI is InChI=1S/C10H6F2N2/c11-9-6-8(2-4-14)10(12)5-7(9)1-3-13/h5-6H,1-2H2. The largest absolute Gasteiger partial charge is 0.207 e. The highest BCUT2D eigenvalue weighted by Gasteiger charge is 2.09. The molecular formula is C10H6F2N2. The third-order valence-corrected chi connectivity index (χ3v) is 1.75. The van der Waals surface area contributed by atoms with Crippen LogP contribution in [0.15, 0.2) is 12.1 Å². The van der Waals surface area contributed by atoms with E-state index >= 15 is 0 Å². The minimum atomic E-state index is -0.641. The molecule has 0 aromatic heterocycles. The highest BCUT2D eigenvalue weighted by atomic mass is 19.1. The smallest absolute Gasteiger partial charge is 0.127 e. The zero-order valence-electron chi connectivity index (χ0n) is 7.22. The Balaban J connectivity index is 3.13. The Morgan fingerprint density at radius 3 is 1.57 bits per heavy atom. The van der Waals surface area contributed by atoms with Crippen LogP contribution in [0.4, 0.5) is 8.78 Å². The molecule has 70 valence electrons. The summed E-state index contributed by atoms with van der Waals surface area (Å²) < 4.78 is 26.2. The SMILES string of the molecule is N#CCc1cc(F)c(CC#N)cc1F. The second-order valence-corrected chi connectivity index (χ2v) is 2.70. The van der Waals surface area contributed by atoms with Gasteiger partial charge in [0.1, 0.15) is 11.6 Å². The van der Waals surface area contributed by atoms with Gasteiger partial charge in [-0.15, -0.1) is 0 Å². The molecule has 14 heavy (non-hydrogen) atoms. The van der Waals surface area contributed by atoms with E-state index in [0.29, 0.717) is 0 Å². The minimum absolute atomic E-state index is 0.0201. The van der Waals surface area contributed by atoms with Gasteiger partial charge in [-0.2, -0.15) is 10.5 Å². The van der Waals surface area contributed by atoms with Crippen molar-refractivity contribution in [2.75, 3.05) is 0 Å². The highest BCUT2D eigenvalue weighted by Crippen LogP contribution is 2.15. The first kappa shape index (κ1) is 10.1. The normalized spacial score (nSPS) is 9.14. The molecule has 0 heterocycles. The molecule has 0 unspecified atom stereocenters. The van der Waals surface area contributed by atoms with Gasteiger partial charge in [0.25, 0.3) is 0 Å². The summed E-state index contributed by atoms with van der Waals surface area (Å²) in [6.07, 6.45) is -0.342. The Morgan fingerprint density at radius 1 is 0.929 bits per heavy atom. The number of benzene rings is 1. The van der Waals surface area contributed by atoms with Crippen LogP contribution in [0.2, 0.25) is 0 Å². The summed E-state index contributed by atoms with van der Waals surface area (Å²) in [4.78, 5) is 0. The quantitative estimate of drug-likeness (QED) is 0.720. The Morgan fingerprint density at radius 2 is 1.29 bits per heavy atom. The van der Waals surface area contributed by atoms with Crippen LogP contribution >= 0.6 is 0 Å². The number of hydrogen-bond acceptors (Lipinski definition) is 2. The van der Waals surface area contributed by atoms with E-state index in [4.69, 9.17) is 10.5 Å². The summed E-state index contributed by atoms with van der Waals surface area (Å²) in [6, 6.07) is 5.39. The topological polar surface area (TPSA) is 47.6 Å². The van der Waals surface area contributed by atoms with E-state index in [-0.39, 0.29) is 24.0 Å². The number of halogens is 2. The molecule has 0 N–H and O–H groups in total. The van der Waals surface area contributed by atoms with Gasteiger partial charge >= 0.3 is 0 Å². The molecule has 0 saturated heterocycles. The van der Waals surface area contributed by atoms with Crippen molar-refractivity contribution in [3.05, 3.63) is 34.9 Å². The lowest BCUT2D eigenvalue weighted by molar-refractivity contribution is 0.580. The van der Waals surface area contributed by atoms with E-state index in [1.54, 1.807) is 12.1 Å². The Labute approximate surface area is 80.0 Å². The molecule has 0 radical (unpaired) electrons. The maximum absolute atomic E-state index is 13.1. The van der Waals surface area contributed by atoms with Gasteiger partial charge in [0, 0.05) is 11.1 Å². The molecule has 1 rings (SSSR count). The summed E-state index contributed by atoms with van der Waals surface area (Å²) in [5.41, 5.74) is 0.0402. The third kappa shape index (κ3) is 2.05. The van der Waals surface area contributed by atoms with E-state index in [9.17, 15) is 8.78 Å². The van der Waals surface area contributed by atoms with Gasteiger partial charge in [0.2, 0.25) is 0 Å². The van der Waals surface area contributed by atoms with Crippen molar-refractivity contribution in [2.24, 2.45) is 0 Å². The first-order chi connectivity index (χ1) is 6.69. The summed E-state index contributed by atoms with van der Waals surface area (Å²) in [5.74, 6) is -1.28. The predicted molar refractivity (Wildman–Crippen MR) is 45.0 cm³/mol. The van der Waals surface area contributed by atoms with Crippen molar-refractivity contribution in [3.63, 3.8) is 0 Å². The average Bonchev–Trinajstić information content (AvgIpc) is 2.14. The van der Waals surface area contributed by atoms with Crippen molar-refractivity contribution in [1.82, 2.24) is 0 Å². The molecule has 2 nitrogen and oxygen atoms in total. The van der Waals surface area contributed by atoms with Gasteiger partial charge in [0.05, 0.1) is 25.0 Å². The highest BCUT2D eigenvalue weighted by molar-refractivity contribution is 5.29.